The van der Waals surface area contributed by atoms with E-state index in [1.54, 1.807) is 4.31 Å². The SMILES string of the molecule is CC(C)CS(=O)(=O)N1CCC(N)CC1(C)C. The molecule has 0 amide bonds. The van der Waals surface area contributed by atoms with Crippen molar-refractivity contribution in [3.05, 3.63) is 0 Å². The van der Waals surface area contributed by atoms with Gasteiger partial charge in [0, 0.05) is 18.1 Å². The van der Waals surface area contributed by atoms with E-state index in [0.29, 0.717) is 6.54 Å². The van der Waals surface area contributed by atoms with Gasteiger partial charge in [0.15, 0.2) is 0 Å². The summed E-state index contributed by atoms with van der Waals surface area (Å²) in [7, 11) is -3.14. The Bertz CT molecular complexity index is 336. The molecule has 96 valence electrons. The zero-order valence-electron chi connectivity index (χ0n) is 10.7. The summed E-state index contributed by atoms with van der Waals surface area (Å²) in [6, 6.07) is 0.125. The lowest BCUT2D eigenvalue weighted by atomic mass is 9.90. The minimum atomic E-state index is -3.14. The number of sulfonamides is 1. The van der Waals surface area contributed by atoms with E-state index in [9.17, 15) is 8.42 Å². The fraction of sp³-hybridized carbons (Fsp3) is 1.00. The summed E-state index contributed by atoms with van der Waals surface area (Å²) >= 11 is 0. The van der Waals surface area contributed by atoms with Crippen LogP contribution in [0.15, 0.2) is 0 Å². The first kappa shape index (κ1) is 13.9. The van der Waals surface area contributed by atoms with E-state index in [0.717, 1.165) is 12.8 Å². The Morgan fingerprint density at radius 3 is 2.44 bits per heavy atom. The maximum atomic E-state index is 12.2. The van der Waals surface area contributed by atoms with Crippen molar-refractivity contribution in [3.63, 3.8) is 0 Å². The summed E-state index contributed by atoms with van der Waals surface area (Å²) in [4.78, 5) is 0. The molecular formula is C11H24N2O2S. The fourth-order valence-electron chi connectivity index (χ4n) is 2.46. The summed E-state index contributed by atoms with van der Waals surface area (Å²) < 4.78 is 26.0. The molecule has 16 heavy (non-hydrogen) atoms. The van der Waals surface area contributed by atoms with Crippen molar-refractivity contribution in [2.24, 2.45) is 11.7 Å². The average Bonchev–Trinajstić information content (AvgIpc) is 1.97. The number of nitrogens with two attached hydrogens (primary N) is 1. The van der Waals surface area contributed by atoms with Crippen molar-refractivity contribution in [3.8, 4) is 0 Å². The van der Waals surface area contributed by atoms with E-state index < -0.39 is 10.0 Å². The van der Waals surface area contributed by atoms with Crippen LogP contribution in [0.2, 0.25) is 0 Å². The zero-order chi connectivity index (χ0) is 12.6. The fourth-order valence-corrected chi connectivity index (χ4v) is 4.69. The third kappa shape index (κ3) is 3.18. The van der Waals surface area contributed by atoms with Crippen molar-refractivity contribution in [1.29, 1.82) is 0 Å². The van der Waals surface area contributed by atoms with Crippen LogP contribution in [0, 0.1) is 5.92 Å². The summed E-state index contributed by atoms with van der Waals surface area (Å²) in [6.07, 6.45) is 1.51. The Balaban J connectivity index is 2.87. The Hall–Kier alpha value is -0.130. The van der Waals surface area contributed by atoms with E-state index in [1.807, 2.05) is 27.7 Å². The van der Waals surface area contributed by atoms with Gasteiger partial charge in [0.05, 0.1) is 5.75 Å². The molecule has 2 N–H and O–H groups in total. The lowest BCUT2D eigenvalue weighted by Gasteiger charge is -2.43. The van der Waals surface area contributed by atoms with Crippen molar-refractivity contribution in [2.45, 2.75) is 52.1 Å². The monoisotopic (exact) mass is 248 g/mol. The molecule has 0 saturated carbocycles. The number of nitrogens with zero attached hydrogens (tertiary/aromatic N) is 1. The second-order valence-electron chi connectivity index (χ2n) is 5.81. The van der Waals surface area contributed by atoms with Crippen LogP contribution in [0.1, 0.15) is 40.5 Å². The molecule has 1 heterocycles. The quantitative estimate of drug-likeness (QED) is 0.815. The van der Waals surface area contributed by atoms with Gasteiger partial charge in [-0.25, -0.2) is 8.42 Å². The molecule has 1 rings (SSSR count). The Kier molecular flexibility index (Phi) is 4.03. The van der Waals surface area contributed by atoms with Crippen molar-refractivity contribution in [1.82, 2.24) is 4.31 Å². The van der Waals surface area contributed by atoms with Gasteiger partial charge >= 0.3 is 0 Å². The first-order valence-electron chi connectivity index (χ1n) is 5.91. The van der Waals surface area contributed by atoms with Crippen LogP contribution in [0.4, 0.5) is 0 Å². The van der Waals surface area contributed by atoms with Gasteiger partial charge in [0.1, 0.15) is 0 Å². The maximum absolute atomic E-state index is 12.2. The van der Waals surface area contributed by atoms with E-state index >= 15 is 0 Å². The molecule has 0 aromatic rings. The molecule has 1 saturated heterocycles. The Morgan fingerprint density at radius 2 is 2.00 bits per heavy atom. The van der Waals surface area contributed by atoms with Crippen LogP contribution in [0.25, 0.3) is 0 Å². The van der Waals surface area contributed by atoms with Gasteiger partial charge in [0.2, 0.25) is 10.0 Å². The third-order valence-electron chi connectivity index (χ3n) is 3.02. The molecule has 0 radical (unpaired) electrons. The van der Waals surface area contributed by atoms with Gasteiger partial charge in [0.25, 0.3) is 0 Å². The molecule has 0 aromatic heterocycles. The largest absolute Gasteiger partial charge is 0.328 e. The molecule has 0 bridgehead atoms. The van der Waals surface area contributed by atoms with Gasteiger partial charge in [-0.3, -0.25) is 0 Å². The van der Waals surface area contributed by atoms with E-state index in [1.165, 1.54) is 0 Å². The highest BCUT2D eigenvalue weighted by Crippen LogP contribution is 2.30. The first-order valence-corrected chi connectivity index (χ1v) is 7.52. The van der Waals surface area contributed by atoms with Crippen LogP contribution >= 0.6 is 0 Å². The molecule has 1 aliphatic heterocycles. The summed E-state index contributed by atoms with van der Waals surface area (Å²) in [5, 5.41) is 0. The van der Waals surface area contributed by atoms with Crippen LogP contribution < -0.4 is 5.73 Å². The molecule has 0 aliphatic carbocycles. The molecule has 5 heteroatoms. The standard InChI is InChI=1S/C11H24N2O2S/c1-9(2)8-16(14,15)13-6-5-10(12)7-11(13,3)4/h9-10H,5-8,12H2,1-4H3. The molecule has 4 nitrogen and oxygen atoms in total. The lowest BCUT2D eigenvalue weighted by molar-refractivity contribution is 0.154. The highest BCUT2D eigenvalue weighted by Gasteiger charge is 2.40. The van der Waals surface area contributed by atoms with Crippen LogP contribution in [0.5, 0.6) is 0 Å². The van der Waals surface area contributed by atoms with Gasteiger partial charge < -0.3 is 5.73 Å². The van der Waals surface area contributed by atoms with Crippen molar-refractivity contribution in [2.75, 3.05) is 12.3 Å². The third-order valence-corrected chi connectivity index (χ3v) is 5.46. The molecule has 0 spiro atoms. The summed E-state index contributed by atoms with van der Waals surface area (Å²) in [5.74, 6) is 0.391. The second kappa shape index (κ2) is 4.63. The van der Waals surface area contributed by atoms with Crippen molar-refractivity contribution >= 4 is 10.0 Å². The second-order valence-corrected chi connectivity index (χ2v) is 7.75. The lowest BCUT2D eigenvalue weighted by Crippen LogP contribution is -2.56. The van der Waals surface area contributed by atoms with Gasteiger partial charge in [-0.2, -0.15) is 4.31 Å². The smallest absolute Gasteiger partial charge is 0.214 e. The molecule has 1 atom stereocenters. The number of piperidine rings is 1. The predicted molar refractivity (Wildman–Crippen MR) is 66.6 cm³/mol. The van der Waals surface area contributed by atoms with Crippen LogP contribution in [-0.2, 0) is 10.0 Å². The van der Waals surface area contributed by atoms with Gasteiger partial charge in [-0.15, -0.1) is 0 Å². The molecule has 1 unspecified atom stereocenters. The van der Waals surface area contributed by atoms with Crippen LogP contribution in [0.3, 0.4) is 0 Å². The van der Waals surface area contributed by atoms with Gasteiger partial charge in [-0.05, 0) is 32.6 Å². The minimum Gasteiger partial charge on any atom is -0.328 e. The number of hydrogen-bond acceptors (Lipinski definition) is 3. The molecule has 0 aromatic carbocycles. The number of rotatable bonds is 3. The highest BCUT2D eigenvalue weighted by atomic mass is 32.2. The van der Waals surface area contributed by atoms with E-state index in [2.05, 4.69) is 0 Å². The Labute approximate surface area is 99.2 Å². The predicted octanol–water partition coefficient (Wildman–Crippen LogP) is 1.17. The maximum Gasteiger partial charge on any atom is 0.214 e. The minimum absolute atomic E-state index is 0.125. The van der Waals surface area contributed by atoms with Crippen LogP contribution in [-0.4, -0.2) is 36.6 Å². The molecular weight excluding hydrogens is 224 g/mol. The molecule has 1 fully saturated rings. The van der Waals surface area contributed by atoms with E-state index in [4.69, 9.17) is 5.73 Å². The highest BCUT2D eigenvalue weighted by molar-refractivity contribution is 7.89. The van der Waals surface area contributed by atoms with E-state index in [-0.39, 0.29) is 23.3 Å². The average molecular weight is 248 g/mol. The Morgan fingerprint density at radius 1 is 1.44 bits per heavy atom. The normalized spacial score (nSPS) is 27.2. The van der Waals surface area contributed by atoms with Crippen molar-refractivity contribution < 1.29 is 8.42 Å². The topological polar surface area (TPSA) is 63.4 Å². The summed E-state index contributed by atoms with van der Waals surface area (Å²) in [6.45, 7) is 8.34. The first-order chi connectivity index (χ1) is 7.15. The summed E-state index contributed by atoms with van der Waals surface area (Å²) in [5.41, 5.74) is 5.55. The number of hydrogen-bond donors (Lipinski definition) is 1. The van der Waals surface area contributed by atoms with Gasteiger partial charge in [-0.1, -0.05) is 13.8 Å². The molecule has 1 aliphatic rings. The zero-order valence-corrected chi connectivity index (χ0v) is 11.5.